The molecule has 0 radical (unpaired) electrons. The molecule has 0 saturated heterocycles. The van der Waals surface area contributed by atoms with Gasteiger partial charge in [-0.2, -0.15) is 5.10 Å². The number of hydrogen-bond acceptors (Lipinski definition) is 2. The first-order valence-corrected chi connectivity index (χ1v) is 5.95. The predicted molar refractivity (Wildman–Crippen MR) is 70.6 cm³/mol. The van der Waals surface area contributed by atoms with E-state index in [0.717, 1.165) is 5.69 Å². The first kappa shape index (κ1) is 11.9. The van der Waals surface area contributed by atoms with Crippen LogP contribution in [0.15, 0.2) is 30.5 Å². The summed E-state index contributed by atoms with van der Waals surface area (Å²) in [5.74, 6) is 0.414. The smallest absolute Gasteiger partial charge is 0.0728 e. The molecule has 3 nitrogen and oxygen atoms in total. The number of aromatic nitrogens is 2. The topological polar surface area (TPSA) is 43.8 Å². The average molecular weight is 229 g/mol. The van der Waals surface area contributed by atoms with E-state index in [1.807, 2.05) is 23.9 Å². The second-order valence-corrected chi connectivity index (χ2v) is 4.62. The van der Waals surface area contributed by atoms with Crippen LogP contribution in [0, 0.1) is 0 Å². The lowest BCUT2D eigenvalue weighted by atomic mass is 9.96. The van der Waals surface area contributed by atoms with Crippen molar-refractivity contribution in [1.29, 1.82) is 0 Å². The van der Waals surface area contributed by atoms with Gasteiger partial charge in [-0.05, 0) is 17.0 Å². The van der Waals surface area contributed by atoms with E-state index in [9.17, 15) is 0 Å². The fourth-order valence-corrected chi connectivity index (χ4v) is 2.10. The number of nitrogens with two attached hydrogens (primary N) is 1. The summed E-state index contributed by atoms with van der Waals surface area (Å²) in [5, 5.41) is 4.54. The Balaban J connectivity index is 2.59. The van der Waals surface area contributed by atoms with Crippen molar-refractivity contribution in [3.05, 3.63) is 41.7 Å². The van der Waals surface area contributed by atoms with E-state index in [2.05, 4.69) is 37.3 Å². The van der Waals surface area contributed by atoms with Crippen LogP contribution in [0.1, 0.15) is 31.0 Å². The highest BCUT2D eigenvalue weighted by Gasteiger charge is 2.14. The van der Waals surface area contributed by atoms with Crippen LogP contribution in [0.25, 0.3) is 11.1 Å². The van der Waals surface area contributed by atoms with Crippen molar-refractivity contribution in [2.75, 3.05) is 0 Å². The molecule has 0 bridgehead atoms. The standard InChI is InChI=1S/C14H19N3/c1-10(2)14-13(9-17(3)16-14)12-7-5-4-6-11(12)8-15/h4-7,9-10H,8,15H2,1-3H3. The van der Waals surface area contributed by atoms with Crippen molar-refractivity contribution in [1.82, 2.24) is 9.78 Å². The van der Waals surface area contributed by atoms with E-state index >= 15 is 0 Å². The van der Waals surface area contributed by atoms with Crippen LogP contribution in [0.2, 0.25) is 0 Å². The largest absolute Gasteiger partial charge is 0.326 e. The monoisotopic (exact) mass is 229 g/mol. The third-order valence-electron chi connectivity index (χ3n) is 2.93. The summed E-state index contributed by atoms with van der Waals surface area (Å²) in [5.41, 5.74) is 10.5. The van der Waals surface area contributed by atoms with Gasteiger partial charge in [-0.1, -0.05) is 38.1 Å². The first-order valence-electron chi connectivity index (χ1n) is 5.95. The molecule has 0 aliphatic rings. The van der Waals surface area contributed by atoms with Gasteiger partial charge in [0.1, 0.15) is 0 Å². The number of benzene rings is 1. The molecule has 2 N–H and O–H groups in total. The number of hydrogen-bond donors (Lipinski definition) is 1. The fourth-order valence-electron chi connectivity index (χ4n) is 2.10. The summed E-state index contributed by atoms with van der Waals surface area (Å²) in [6.07, 6.45) is 2.07. The van der Waals surface area contributed by atoms with Crippen LogP contribution in [0.4, 0.5) is 0 Å². The summed E-state index contributed by atoms with van der Waals surface area (Å²) in [7, 11) is 1.96. The summed E-state index contributed by atoms with van der Waals surface area (Å²) >= 11 is 0. The van der Waals surface area contributed by atoms with Crippen LogP contribution >= 0.6 is 0 Å². The molecule has 0 amide bonds. The summed E-state index contributed by atoms with van der Waals surface area (Å²) in [4.78, 5) is 0. The van der Waals surface area contributed by atoms with Crippen LogP contribution in [-0.4, -0.2) is 9.78 Å². The number of nitrogens with zero attached hydrogens (tertiary/aromatic N) is 2. The van der Waals surface area contributed by atoms with Crippen LogP contribution in [0.3, 0.4) is 0 Å². The maximum absolute atomic E-state index is 5.79. The van der Waals surface area contributed by atoms with Gasteiger partial charge in [-0.25, -0.2) is 0 Å². The summed E-state index contributed by atoms with van der Waals surface area (Å²) in [6.45, 7) is 4.89. The zero-order valence-electron chi connectivity index (χ0n) is 10.6. The summed E-state index contributed by atoms with van der Waals surface area (Å²) in [6, 6.07) is 8.26. The van der Waals surface area contributed by atoms with Crippen molar-refractivity contribution >= 4 is 0 Å². The zero-order chi connectivity index (χ0) is 12.4. The molecule has 0 fully saturated rings. The molecular weight excluding hydrogens is 210 g/mol. The van der Waals surface area contributed by atoms with E-state index in [1.54, 1.807) is 0 Å². The Hall–Kier alpha value is -1.61. The molecular formula is C14H19N3. The minimum Gasteiger partial charge on any atom is -0.326 e. The Morgan fingerprint density at radius 3 is 2.59 bits per heavy atom. The Morgan fingerprint density at radius 2 is 1.94 bits per heavy atom. The van der Waals surface area contributed by atoms with Crippen molar-refractivity contribution in [2.45, 2.75) is 26.3 Å². The highest BCUT2D eigenvalue weighted by Crippen LogP contribution is 2.30. The summed E-state index contributed by atoms with van der Waals surface area (Å²) < 4.78 is 1.87. The zero-order valence-corrected chi connectivity index (χ0v) is 10.6. The molecule has 0 aliphatic carbocycles. The minimum absolute atomic E-state index is 0.414. The molecule has 17 heavy (non-hydrogen) atoms. The lowest BCUT2D eigenvalue weighted by Crippen LogP contribution is -2.00. The van der Waals surface area contributed by atoms with E-state index in [1.165, 1.54) is 16.7 Å². The Kier molecular flexibility index (Phi) is 3.29. The minimum atomic E-state index is 0.414. The highest BCUT2D eigenvalue weighted by molar-refractivity contribution is 5.69. The predicted octanol–water partition coefficient (Wildman–Crippen LogP) is 2.67. The van der Waals surface area contributed by atoms with E-state index in [0.29, 0.717) is 12.5 Å². The quantitative estimate of drug-likeness (QED) is 0.879. The highest BCUT2D eigenvalue weighted by atomic mass is 15.3. The lowest BCUT2D eigenvalue weighted by molar-refractivity contribution is 0.713. The fraction of sp³-hybridized carbons (Fsp3) is 0.357. The number of aryl methyl sites for hydroxylation is 1. The molecule has 1 heterocycles. The van der Waals surface area contributed by atoms with E-state index < -0.39 is 0 Å². The van der Waals surface area contributed by atoms with Crippen molar-refractivity contribution < 1.29 is 0 Å². The molecule has 0 aliphatic heterocycles. The van der Waals surface area contributed by atoms with Gasteiger partial charge < -0.3 is 5.73 Å². The molecule has 2 aromatic rings. The van der Waals surface area contributed by atoms with Gasteiger partial charge in [-0.15, -0.1) is 0 Å². The van der Waals surface area contributed by atoms with E-state index in [4.69, 9.17) is 5.73 Å². The second-order valence-electron chi connectivity index (χ2n) is 4.62. The van der Waals surface area contributed by atoms with Gasteiger partial charge in [-0.3, -0.25) is 4.68 Å². The van der Waals surface area contributed by atoms with Crippen LogP contribution < -0.4 is 5.73 Å². The third-order valence-corrected chi connectivity index (χ3v) is 2.93. The van der Waals surface area contributed by atoms with Gasteiger partial charge in [0.2, 0.25) is 0 Å². The van der Waals surface area contributed by atoms with Gasteiger partial charge in [0.25, 0.3) is 0 Å². The van der Waals surface area contributed by atoms with Crippen molar-refractivity contribution in [3.63, 3.8) is 0 Å². The molecule has 1 aromatic carbocycles. The maximum Gasteiger partial charge on any atom is 0.0728 e. The Labute approximate surface area is 102 Å². The molecule has 0 unspecified atom stereocenters. The molecule has 0 atom stereocenters. The van der Waals surface area contributed by atoms with Crippen molar-refractivity contribution in [3.8, 4) is 11.1 Å². The van der Waals surface area contributed by atoms with Crippen LogP contribution in [-0.2, 0) is 13.6 Å². The van der Waals surface area contributed by atoms with Gasteiger partial charge in [0, 0.05) is 25.4 Å². The van der Waals surface area contributed by atoms with Crippen molar-refractivity contribution in [2.24, 2.45) is 12.8 Å². The molecule has 2 rings (SSSR count). The van der Waals surface area contributed by atoms with Crippen LogP contribution in [0.5, 0.6) is 0 Å². The lowest BCUT2D eigenvalue weighted by Gasteiger charge is -2.09. The third kappa shape index (κ3) is 2.24. The van der Waals surface area contributed by atoms with E-state index in [-0.39, 0.29) is 0 Å². The SMILES string of the molecule is CC(C)c1nn(C)cc1-c1ccccc1CN. The molecule has 0 saturated carbocycles. The normalized spacial score (nSPS) is 11.1. The molecule has 0 spiro atoms. The van der Waals surface area contributed by atoms with Gasteiger partial charge >= 0.3 is 0 Å². The number of rotatable bonds is 3. The second kappa shape index (κ2) is 4.72. The van der Waals surface area contributed by atoms with Gasteiger partial charge in [0.15, 0.2) is 0 Å². The molecule has 90 valence electrons. The Morgan fingerprint density at radius 1 is 1.24 bits per heavy atom. The maximum atomic E-state index is 5.79. The first-order chi connectivity index (χ1) is 8.13. The Bertz CT molecular complexity index is 512. The molecule has 3 heteroatoms. The molecule has 1 aromatic heterocycles. The average Bonchev–Trinajstić information content (AvgIpc) is 2.71. The van der Waals surface area contributed by atoms with Gasteiger partial charge in [0.05, 0.1) is 5.69 Å².